The van der Waals surface area contributed by atoms with Crippen LogP contribution in [0.2, 0.25) is 0 Å². The number of ketones is 1. The zero-order chi connectivity index (χ0) is 26.2. The van der Waals surface area contributed by atoms with Crippen molar-refractivity contribution in [2.75, 3.05) is 19.1 Å². The molecule has 1 amide bonds. The van der Waals surface area contributed by atoms with Gasteiger partial charge in [0.05, 0.1) is 31.4 Å². The second-order valence-electron chi connectivity index (χ2n) is 8.17. The molecule has 6 nitrogen and oxygen atoms in total. The van der Waals surface area contributed by atoms with Crippen molar-refractivity contribution in [1.29, 1.82) is 0 Å². The van der Waals surface area contributed by atoms with Gasteiger partial charge in [0.1, 0.15) is 17.3 Å². The van der Waals surface area contributed by atoms with Crippen LogP contribution in [0.3, 0.4) is 0 Å². The summed E-state index contributed by atoms with van der Waals surface area (Å²) in [7, 11) is 2.95. The summed E-state index contributed by atoms with van der Waals surface area (Å²) < 4.78 is 49.8. The molecule has 1 fully saturated rings. The Kier molecular flexibility index (Phi) is 6.49. The van der Waals surface area contributed by atoms with Gasteiger partial charge in [0, 0.05) is 11.3 Å². The predicted octanol–water partition coefficient (Wildman–Crippen LogP) is 5.66. The number of hydrogen-bond acceptors (Lipinski definition) is 5. The number of aryl methyl sites for hydroxylation is 1. The molecule has 0 radical (unpaired) electrons. The molecule has 1 heterocycles. The second-order valence-corrected chi connectivity index (χ2v) is 8.17. The molecule has 0 saturated carbocycles. The molecule has 4 rings (SSSR count). The molecule has 0 bridgehead atoms. The molecular formula is C27H22F3NO5. The first-order valence-electron chi connectivity index (χ1n) is 10.8. The van der Waals surface area contributed by atoms with Gasteiger partial charge in [-0.1, -0.05) is 12.1 Å². The zero-order valence-electron chi connectivity index (χ0n) is 19.6. The Morgan fingerprint density at radius 1 is 0.944 bits per heavy atom. The molecule has 1 aliphatic rings. The third kappa shape index (κ3) is 4.39. The molecule has 1 saturated heterocycles. The minimum atomic E-state index is -4.56. The topological polar surface area (TPSA) is 76.1 Å². The van der Waals surface area contributed by atoms with Crippen molar-refractivity contribution in [3.05, 3.63) is 94.6 Å². The van der Waals surface area contributed by atoms with E-state index in [1.165, 1.54) is 14.2 Å². The number of ether oxygens (including phenoxy) is 2. The quantitative estimate of drug-likeness (QED) is 0.280. The van der Waals surface area contributed by atoms with E-state index in [0.29, 0.717) is 22.6 Å². The van der Waals surface area contributed by atoms with Gasteiger partial charge in [0.15, 0.2) is 0 Å². The molecule has 1 unspecified atom stereocenters. The number of benzene rings is 3. The molecule has 9 heteroatoms. The number of alkyl halides is 3. The van der Waals surface area contributed by atoms with E-state index < -0.39 is 35.2 Å². The molecule has 0 aliphatic carbocycles. The summed E-state index contributed by atoms with van der Waals surface area (Å²) in [5.74, 6) is -1.35. The van der Waals surface area contributed by atoms with Crippen molar-refractivity contribution in [1.82, 2.24) is 0 Å². The van der Waals surface area contributed by atoms with E-state index in [2.05, 4.69) is 0 Å². The van der Waals surface area contributed by atoms with E-state index in [9.17, 15) is 27.9 Å². The van der Waals surface area contributed by atoms with E-state index in [1.54, 1.807) is 49.4 Å². The number of Topliss-reactive ketones (excluding diaryl/α,β-unsaturated/α-hetero) is 1. The number of halogens is 3. The maximum atomic E-state index is 13.2. The van der Waals surface area contributed by atoms with Crippen molar-refractivity contribution in [3.8, 4) is 11.5 Å². The molecule has 3 aromatic carbocycles. The van der Waals surface area contributed by atoms with Crippen molar-refractivity contribution < 1.29 is 37.3 Å². The minimum Gasteiger partial charge on any atom is -0.507 e. The number of aliphatic hydroxyl groups is 1. The fourth-order valence-electron chi connectivity index (χ4n) is 4.22. The lowest BCUT2D eigenvalue weighted by atomic mass is 9.94. The van der Waals surface area contributed by atoms with Crippen molar-refractivity contribution in [2.45, 2.75) is 19.1 Å². The first-order chi connectivity index (χ1) is 17.1. The van der Waals surface area contributed by atoms with Gasteiger partial charge >= 0.3 is 6.18 Å². The Bertz CT molecular complexity index is 1360. The summed E-state index contributed by atoms with van der Waals surface area (Å²) >= 11 is 0. The van der Waals surface area contributed by atoms with Crippen LogP contribution in [-0.2, 0) is 15.8 Å². The Morgan fingerprint density at radius 2 is 1.64 bits per heavy atom. The lowest BCUT2D eigenvalue weighted by Gasteiger charge is -2.26. The number of amides is 1. The van der Waals surface area contributed by atoms with Crippen molar-refractivity contribution >= 4 is 23.1 Å². The highest BCUT2D eigenvalue weighted by atomic mass is 19.4. The van der Waals surface area contributed by atoms with Gasteiger partial charge < -0.3 is 14.6 Å². The van der Waals surface area contributed by atoms with Crippen LogP contribution in [-0.4, -0.2) is 31.0 Å². The molecule has 1 aliphatic heterocycles. The van der Waals surface area contributed by atoms with Crippen LogP contribution in [0.15, 0.2) is 72.3 Å². The molecule has 36 heavy (non-hydrogen) atoms. The monoisotopic (exact) mass is 497 g/mol. The van der Waals surface area contributed by atoms with E-state index >= 15 is 0 Å². The van der Waals surface area contributed by atoms with Crippen LogP contribution in [0.1, 0.15) is 28.3 Å². The number of rotatable bonds is 5. The SMILES string of the molecule is COc1cccc(C2/C(=C(/O)c3ccc(OC)c(C)c3)C(=O)C(=O)N2c2ccc(C(F)(F)F)cc2)c1. The average Bonchev–Trinajstić information content (AvgIpc) is 3.13. The maximum absolute atomic E-state index is 13.2. The van der Waals surface area contributed by atoms with Gasteiger partial charge in [-0.15, -0.1) is 0 Å². The van der Waals surface area contributed by atoms with Gasteiger partial charge in [-0.2, -0.15) is 13.2 Å². The number of methoxy groups -OCH3 is 2. The van der Waals surface area contributed by atoms with Crippen LogP contribution >= 0.6 is 0 Å². The lowest BCUT2D eigenvalue weighted by molar-refractivity contribution is -0.137. The summed E-state index contributed by atoms with van der Waals surface area (Å²) in [5.41, 5.74) is 0.387. The summed E-state index contributed by atoms with van der Waals surface area (Å²) in [6.07, 6.45) is -4.56. The fraction of sp³-hybridized carbons (Fsp3) is 0.185. The second kappa shape index (κ2) is 9.41. The first-order valence-corrected chi connectivity index (χ1v) is 10.8. The number of anilines is 1. The van der Waals surface area contributed by atoms with E-state index in [-0.39, 0.29) is 16.8 Å². The predicted molar refractivity (Wildman–Crippen MR) is 127 cm³/mol. The Morgan fingerprint density at radius 3 is 2.22 bits per heavy atom. The fourth-order valence-corrected chi connectivity index (χ4v) is 4.22. The highest BCUT2D eigenvalue weighted by Crippen LogP contribution is 2.43. The zero-order valence-corrected chi connectivity index (χ0v) is 19.6. The van der Waals surface area contributed by atoms with Crippen molar-refractivity contribution in [3.63, 3.8) is 0 Å². The minimum absolute atomic E-state index is 0.0721. The third-order valence-corrected chi connectivity index (χ3v) is 6.00. The van der Waals surface area contributed by atoms with Crippen LogP contribution in [0.25, 0.3) is 5.76 Å². The third-order valence-electron chi connectivity index (χ3n) is 6.00. The van der Waals surface area contributed by atoms with Crippen LogP contribution in [0, 0.1) is 6.92 Å². The van der Waals surface area contributed by atoms with Crippen LogP contribution in [0.5, 0.6) is 11.5 Å². The summed E-state index contributed by atoms with van der Waals surface area (Å²) in [5, 5.41) is 11.2. The highest BCUT2D eigenvalue weighted by molar-refractivity contribution is 6.51. The van der Waals surface area contributed by atoms with Gasteiger partial charge in [-0.05, 0) is 72.6 Å². The highest BCUT2D eigenvalue weighted by Gasteiger charge is 2.47. The first kappa shape index (κ1) is 24.8. The molecular weight excluding hydrogens is 475 g/mol. The largest absolute Gasteiger partial charge is 0.507 e. The molecule has 186 valence electrons. The molecule has 1 N–H and O–H groups in total. The van der Waals surface area contributed by atoms with E-state index in [4.69, 9.17) is 9.47 Å². The van der Waals surface area contributed by atoms with E-state index in [0.717, 1.165) is 29.2 Å². The number of carbonyl (C=O) groups excluding carboxylic acids is 2. The van der Waals surface area contributed by atoms with Gasteiger partial charge in [-0.25, -0.2) is 0 Å². The molecule has 0 aromatic heterocycles. The maximum Gasteiger partial charge on any atom is 0.416 e. The smallest absolute Gasteiger partial charge is 0.416 e. The van der Waals surface area contributed by atoms with Crippen LogP contribution in [0.4, 0.5) is 18.9 Å². The molecule has 1 atom stereocenters. The lowest BCUT2D eigenvalue weighted by Crippen LogP contribution is -2.29. The van der Waals surface area contributed by atoms with Gasteiger partial charge in [-0.3, -0.25) is 14.5 Å². The number of aliphatic hydroxyl groups excluding tert-OH is 1. The Hall–Kier alpha value is -4.27. The normalized spacial score (nSPS) is 17.4. The standard InChI is InChI=1S/C27H22F3NO5/c1-15-13-17(7-12-21(15)36-3)24(32)22-23(16-5-4-6-20(14-16)35-2)31(26(34)25(22)33)19-10-8-18(9-11-19)27(28,29)30/h4-14,23,32H,1-3H3/b24-22-. The number of nitrogens with zero attached hydrogens (tertiary/aromatic N) is 1. The summed E-state index contributed by atoms with van der Waals surface area (Å²) in [4.78, 5) is 27.5. The van der Waals surface area contributed by atoms with Crippen molar-refractivity contribution in [2.24, 2.45) is 0 Å². The van der Waals surface area contributed by atoms with Gasteiger partial charge in [0.25, 0.3) is 11.7 Å². The summed E-state index contributed by atoms with van der Waals surface area (Å²) in [6, 6.07) is 14.2. The Labute approximate surface area is 205 Å². The number of carbonyl (C=O) groups is 2. The molecule has 0 spiro atoms. The summed E-state index contributed by atoms with van der Waals surface area (Å²) in [6.45, 7) is 1.76. The number of hydrogen-bond donors (Lipinski definition) is 1. The van der Waals surface area contributed by atoms with Crippen LogP contribution < -0.4 is 14.4 Å². The van der Waals surface area contributed by atoms with Gasteiger partial charge in [0.2, 0.25) is 0 Å². The Balaban J connectivity index is 1.92. The molecule has 3 aromatic rings. The van der Waals surface area contributed by atoms with E-state index in [1.807, 2.05) is 0 Å². The average molecular weight is 497 g/mol.